The van der Waals surface area contributed by atoms with Gasteiger partial charge in [0.2, 0.25) is 0 Å². The average Bonchev–Trinajstić information content (AvgIpc) is 2.44. The summed E-state index contributed by atoms with van der Waals surface area (Å²) in [5.74, 6) is -0.432. The number of anilines is 1. The number of esters is 1. The third-order valence-electron chi connectivity index (χ3n) is 3.06. The molecule has 2 aromatic rings. The van der Waals surface area contributed by atoms with Gasteiger partial charge in [0.15, 0.2) is 0 Å². The minimum Gasteiger partial charge on any atom is -0.460 e. The largest absolute Gasteiger partial charge is 0.460 e. The number of nitrogens with two attached hydrogens (primary N) is 1. The van der Waals surface area contributed by atoms with Crippen molar-refractivity contribution in [3.8, 4) is 0 Å². The Hall–Kier alpha value is -2.56. The van der Waals surface area contributed by atoms with Gasteiger partial charge in [-0.15, -0.1) is 0 Å². The lowest BCUT2D eigenvalue weighted by Crippen LogP contribution is -2.21. The van der Waals surface area contributed by atoms with Gasteiger partial charge in [-0.2, -0.15) is 0 Å². The van der Waals surface area contributed by atoms with Crippen molar-refractivity contribution >= 4 is 11.7 Å². The summed E-state index contributed by atoms with van der Waals surface area (Å²) in [7, 11) is 0. The molecule has 20 heavy (non-hydrogen) atoms. The molecule has 0 aliphatic rings. The van der Waals surface area contributed by atoms with Crippen LogP contribution >= 0.6 is 0 Å². The normalized spacial score (nSPS) is 10.2. The highest BCUT2D eigenvalue weighted by Gasteiger charge is 2.11. The van der Waals surface area contributed by atoms with Gasteiger partial charge in [0.05, 0.1) is 12.1 Å². The molecule has 0 bridgehead atoms. The number of ether oxygens (including phenoxy) is 1. The molecule has 1 heterocycles. The van der Waals surface area contributed by atoms with Crippen molar-refractivity contribution < 1.29 is 9.53 Å². The van der Waals surface area contributed by atoms with E-state index in [0.29, 0.717) is 23.4 Å². The molecule has 0 aliphatic heterocycles. The zero-order chi connectivity index (χ0) is 14.5. The fraction of sp³-hybridized carbons (Fsp3) is 0.200. The van der Waals surface area contributed by atoms with E-state index < -0.39 is 5.97 Å². The number of hydrogen-bond acceptors (Lipinski definition) is 4. The van der Waals surface area contributed by atoms with E-state index in [9.17, 15) is 9.59 Å². The molecule has 2 rings (SSSR count). The van der Waals surface area contributed by atoms with Gasteiger partial charge < -0.3 is 15.0 Å². The number of nitrogen functional groups attached to an aromatic ring is 1. The molecule has 104 valence electrons. The van der Waals surface area contributed by atoms with E-state index in [-0.39, 0.29) is 12.2 Å². The Bertz CT molecular complexity index is 677. The summed E-state index contributed by atoms with van der Waals surface area (Å²) < 4.78 is 6.65. The first-order valence-corrected chi connectivity index (χ1v) is 6.27. The zero-order valence-electron chi connectivity index (χ0n) is 11.2. The van der Waals surface area contributed by atoms with Crippen LogP contribution < -0.4 is 11.3 Å². The van der Waals surface area contributed by atoms with Crippen molar-refractivity contribution in [1.82, 2.24) is 4.57 Å². The highest BCUT2D eigenvalue weighted by atomic mass is 16.5. The number of rotatable bonds is 4. The first-order valence-electron chi connectivity index (χ1n) is 6.27. The molecule has 0 fully saturated rings. The number of nitrogens with zero attached hydrogens (tertiary/aromatic N) is 1. The van der Waals surface area contributed by atoms with E-state index in [2.05, 4.69) is 0 Å². The quantitative estimate of drug-likeness (QED) is 0.677. The van der Waals surface area contributed by atoms with Crippen molar-refractivity contribution in [1.29, 1.82) is 0 Å². The van der Waals surface area contributed by atoms with E-state index in [1.165, 1.54) is 10.6 Å². The zero-order valence-corrected chi connectivity index (χ0v) is 11.2. The van der Waals surface area contributed by atoms with Gasteiger partial charge in [-0.3, -0.25) is 4.79 Å². The standard InChI is InChI=1S/C15H16N2O3/c1-11-12(5-4-6-13(11)16)15(19)20-10-9-17-8-3-2-7-14(17)18/h2-8H,9-10,16H2,1H3. The third-order valence-corrected chi connectivity index (χ3v) is 3.06. The maximum absolute atomic E-state index is 11.9. The van der Waals surface area contributed by atoms with Crippen molar-refractivity contribution in [2.45, 2.75) is 13.5 Å². The summed E-state index contributed by atoms with van der Waals surface area (Å²) in [6.07, 6.45) is 1.65. The highest BCUT2D eigenvalue weighted by Crippen LogP contribution is 2.16. The molecule has 0 aliphatic carbocycles. The van der Waals surface area contributed by atoms with E-state index >= 15 is 0 Å². The Morgan fingerprint density at radius 1 is 1.25 bits per heavy atom. The lowest BCUT2D eigenvalue weighted by molar-refractivity contribution is 0.0489. The smallest absolute Gasteiger partial charge is 0.338 e. The number of aromatic nitrogens is 1. The van der Waals surface area contributed by atoms with Crippen molar-refractivity contribution in [2.75, 3.05) is 12.3 Å². The molecule has 2 N–H and O–H groups in total. The summed E-state index contributed by atoms with van der Waals surface area (Å²) in [5, 5.41) is 0. The molecule has 0 amide bonds. The molecule has 5 heteroatoms. The van der Waals surface area contributed by atoms with E-state index in [1.54, 1.807) is 43.5 Å². The molecule has 0 saturated heterocycles. The minimum absolute atomic E-state index is 0.122. The topological polar surface area (TPSA) is 74.3 Å². The van der Waals surface area contributed by atoms with Gasteiger partial charge in [0, 0.05) is 18.0 Å². The van der Waals surface area contributed by atoms with Crippen molar-refractivity contribution in [2.24, 2.45) is 0 Å². The molecule has 0 unspecified atom stereocenters. The first-order chi connectivity index (χ1) is 9.59. The molecule has 0 radical (unpaired) electrons. The minimum atomic E-state index is -0.432. The summed E-state index contributed by atoms with van der Waals surface area (Å²) in [5.41, 5.74) is 7.33. The number of carbonyl (C=O) groups excluding carboxylic acids is 1. The molecular weight excluding hydrogens is 256 g/mol. The SMILES string of the molecule is Cc1c(N)cccc1C(=O)OCCn1ccccc1=O. The Morgan fingerprint density at radius 2 is 2.05 bits per heavy atom. The van der Waals surface area contributed by atoms with E-state index in [0.717, 1.165) is 0 Å². The molecule has 1 aromatic carbocycles. The molecule has 0 spiro atoms. The van der Waals surface area contributed by atoms with Crippen LogP contribution in [0, 0.1) is 6.92 Å². The lowest BCUT2D eigenvalue weighted by atomic mass is 10.1. The van der Waals surface area contributed by atoms with Crippen LogP contribution in [-0.2, 0) is 11.3 Å². The fourth-order valence-electron chi connectivity index (χ4n) is 1.83. The predicted molar refractivity (Wildman–Crippen MR) is 76.6 cm³/mol. The van der Waals surface area contributed by atoms with Gasteiger partial charge in [0.25, 0.3) is 5.56 Å². The second kappa shape index (κ2) is 6.06. The van der Waals surface area contributed by atoms with Gasteiger partial charge >= 0.3 is 5.97 Å². The number of carbonyl (C=O) groups is 1. The summed E-state index contributed by atoms with van der Waals surface area (Å²) in [6.45, 7) is 2.23. The monoisotopic (exact) mass is 272 g/mol. The second-order valence-corrected chi connectivity index (χ2v) is 4.39. The van der Waals surface area contributed by atoms with Crippen LogP contribution in [0.1, 0.15) is 15.9 Å². The van der Waals surface area contributed by atoms with E-state index in [4.69, 9.17) is 10.5 Å². The van der Waals surface area contributed by atoms with Crippen molar-refractivity contribution in [3.63, 3.8) is 0 Å². The fourth-order valence-corrected chi connectivity index (χ4v) is 1.83. The molecule has 1 aromatic heterocycles. The number of hydrogen-bond donors (Lipinski definition) is 1. The van der Waals surface area contributed by atoms with Crippen LogP contribution in [-0.4, -0.2) is 17.1 Å². The third kappa shape index (κ3) is 3.06. The summed E-state index contributed by atoms with van der Waals surface area (Å²) in [6, 6.07) is 10.00. The Kier molecular flexibility index (Phi) is 4.20. The Morgan fingerprint density at radius 3 is 2.80 bits per heavy atom. The lowest BCUT2D eigenvalue weighted by Gasteiger charge is -2.09. The first kappa shape index (κ1) is 13.9. The number of benzene rings is 1. The average molecular weight is 272 g/mol. The molecule has 5 nitrogen and oxygen atoms in total. The van der Waals surface area contributed by atoms with Gasteiger partial charge in [-0.05, 0) is 30.7 Å². The summed E-state index contributed by atoms with van der Waals surface area (Å²) >= 11 is 0. The van der Waals surface area contributed by atoms with Crippen LogP contribution in [0.3, 0.4) is 0 Å². The van der Waals surface area contributed by atoms with Crippen LogP contribution in [0.15, 0.2) is 47.4 Å². The summed E-state index contributed by atoms with van der Waals surface area (Å²) in [4.78, 5) is 23.4. The molecule has 0 atom stereocenters. The maximum atomic E-state index is 11.9. The van der Waals surface area contributed by atoms with Crippen LogP contribution in [0.4, 0.5) is 5.69 Å². The maximum Gasteiger partial charge on any atom is 0.338 e. The second-order valence-electron chi connectivity index (χ2n) is 4.39. The van der Waals surface area contributed by atoms with Crippen LogP contribution in [0.25, 0.3) is 0 Å². The Labute approximate surface area is 116 Å². The van der Waals surface area contributed by atoms with Crippen molar-refractivity contribution in [3.05, 3.63) is 64.1 Å². The van der Waals surface area contributed by atoms with Gasteiger partial charge in [0.1, 0.15) is 6.61 Å². The number of pyridine rings is 1. The molecule has 0 saturated carbocycles. The van der Waals surface area contributed by atoms with Crippen LogP contribution in [0.5, 0.6) is 0 Å². The highest BCUT2D eigenvalue weighted by molar-refractivity contribution is 5.92. The van der Waals surface area contributed by atoms with E-state index in [1.807, 2.05) is 0 Å². The molecular formula is C15H16N2O3. The van der Waals surface area contributed by atoms with Gasteiger partial charge in [-0.1, -0.05) is 12.1 Å². The predicted octanol–water partition coefficient (Wildman–Crippen LogP) is 1.60. The Balaban J connectivity index is 1.98. The van der Waals surface area contributed by atoms with Gasteiger partial charge in [-0.25, -0.2) is 4.79 Å². The van der Waals surface area contributed by atoms with Crippen LogP contribution in [0.2, 0.25) is 0 Å².